The average molecular weight is 427 g/mol. The first-order valence-corrected chi connectivity index (χ1v) is 11.0. The van der Waals surface area contributed by atoms with Gasteiger partial charge in [0.15, 0.2) is 0 Å². The van der Waals surface area contributed by atoms with Gasteiger partial charge in [-0.25, -0.2) is 4.98 Å². The van der Waals surface area contributed by atoms with Crippen LogP contribution >= 0.6 is 0 Å². The standard InChI is InChI=1S/C23H30N4O4/c1-16-4-5-17-21(26-16)18(6-10-24-17)27-11-9-23(31,15-27)14-25-19(28)12-22(13-20(29)30)7-2-3-8-22/h4-6,10,31H,2-3,7-9,11-15H2,1H3,(H,25,28)(H,29,30)/t23-/m1/s1. The molecule has 0 radical (unpaired) electrons. The fourth-order valence-corrected chi connectivity index (χ4v) is 5.10. The van der Waals surface area contributed by atoms with Gasteiger partial charge in [0.2, 0.25) is 5.91 Å². The third-order valence-corrected chi connectivity index (χ3v) is 6.72. The van der Waals surface area contributed by atoms with Crippen molar-refractivity contribution in [1.29, 1.82) is 0 Å². The minimum atomic E-state index is -1.04. The molecule has 2 aromatic rings. The summed E-state index contributed by atoms with van der Waals surface area (Å²) in [4.78, 5) is 35.0. The molecule has 166 valence electrons. The van der Waals surface area contributed by atoms with Gasteiger partial charge in [0, 0.05) is 37.9 Å². The van der Waals surface area contributed by atoms with E-state index in [2.05, 4.69) is 20.2 Å². The maximum atomic E-state index is 12.6. The molecule has 1 atom stereocenters. The summed E-state index contributed by atoms with van der Waals surface area (Å²) in [6, 6.07) is 5.78. The highest BCUT2D eigenvalue weighted by molar-refractivity contribution is 5.88. The smallest absolute Gasteiger partial charge is 0.303 e. The summed E-state index contributed by atoms with van der Waals surface area (Å²) in [5.74, 6) is -1.03. The van der Waals surface area contributed by atoms with Crippen LogP contribution in [0.25, 0.3) is 11.0 Å². The third kappa shape index (κ3) is 4.79. The summed E-state index contributed by atoms with van der Waals surface area (Å²) < 4.78 is 0. The molecule has 31 heavy (non-hydrogen) atoms. The predicted molar refractivity (Wildman–Crippen MR) is 117 cm³/mol. The van der Waals surface area contributed by atoms with E-state index in [-0.39, 0.29) is 25.3 Å². The van der Waals surface area contributed by atoms with Gasteiger partial charge in [0.1, 0.15) is 11.1 Å². The highest BCUT2D eigenvalue weighted by Gasteiger charge is 2.40. The Labute approximate surface area is 181 Å². The van der Waals surface area contributed by atoms with Crippen molar-refractivity contribution < 1.29 is 19.8 Å². The first-order chi connectivity index (χ1) is 14.8. The van der Waals surface area contributed by atoms with Crippen molar-refractivity contribution in [2.45, 2.75) is 57.5 Å². The van der Waals surface area contributed by atoms with Crippen molar-refractivity contribution in [1.82, 2.24) is 15.3 Å². The van der Waals surface area contributed by atoms with E-state index in [0.717, 1.165) is 48.1 Å². The quantitative estimate of drug-likeness (QED) is 0.623. The first-order valence-electron chi connectivity index (χ1n) is 11.0. The monoisotopic (exact) mass is 426 g/mol. The van der Waals surface area contributed by atoms with Crippen LogP contribution in [-0.2, 0) is 9.59 Å². The molecular formula is C23H30N4O4. The number of nitrogens with one attached hydrogen (secondary N) is 1. The number of aliphatic carboxylic acids is 1. The Morgan fingerprint density at radius 1 is 1.16 bits per heavy atom. The van der Waals surface area contributed by atoms with Gasteiger partial charge in [-0.2, -0.15) is 0 Å². The molecule has 3 heterocycles. The molecule has 8 nitrogen and oxygen atoms in total. The van der Waals surface area contributed by atoms with E-state index in [1.165, 1.54) is 0 Å². The summed E-state index contributed by atoms with van der Waals surface area (Å²) in [6.07, 6.45) is 5.98. The molecule has 1 aliphatic heterocycles. The van der Waals surface area contributed by atoms with Crippen LogP contribution in [0.1, 0.15) is 50.6 Å². The number of aliphatic hydroxyl groups is 1. The number of rotatable bonds is 7. The molecule has 2 aliphatic rings. The van der Waals surface area contributed by atoms with Crippen LogP contribution in [0.3, 0.4) is 0 Å². The molecule has 8 heteroatoms. The number of nitrogens with zero attached hydrogens (tertiary/aromatic N) is 3. The van der Waals surface area contributed by atoms with Crippen LogP contribution in [0.4, 0.5) is 5.69 Å². The molecule has 0 unspecified atom stereocenters. The van der Waals surface area contributed by atoms with E-state index >= 15 is 0 Å². The lowest BCUT2D eigenvalue weighted by Crippen LogP contribution is -2.46. The lowest BCUT2D eigenvalue weighted by Gasteiger charge is -2.28. The van der Waals surface area contributed by atoms with Gasteiger partial charge in [0.05, 0.1) is 17.6 Å². The lowest BCUT2D eigenvalue weighted by atomic mass is 9.79. The Kier molecular flexibility index (Phi) is 5.83. The molecule has 0 spiro atoms. The summed E-state index contributed by atoms with van der Waals surface area (Å²) in [5, 5.41) is 23.2. The SMILES string of the molecule is Cc1ccc2nccc(N3CC[C@@](O)(CNC(=O)CC4(CC(=O)O)CCCC4)C3)c2n1. The number of carbonyl (C=O) groups is 2. The van der Waals surface area contributed by atoms with Crippen molar-refractivity contribution in [2.24, 2.45) is 5.41 Å². The highest BCUT2D eigenvalue weighted by atomic mass is 16.4. The number of carbonyl (C=O) groups excluding carboxylic acids is 1. The van der Waals surface area contributed by atoms with E-state index in [0.29, 0.717) is 19.5 Å². The Bertz CT molecular complexity index is 989. The molecule has 0 bridgehead atoms. The van der Waals surface area contributed by atoms with Gasteiger partial charge in [-0.15, -0.1) is 0 Å². The molecule has 0 aromatic carbocycles. The summed E-state index contributed by atoms with van der Waals surface area (Å²) in [6.45, 7) is 3.14. The molecular weight excluding hydrogens is 396 g/mol. The molecule has 3 N–H and O–H groups in total. The molecule has 1 amide bonds. The molecule has 1 saturated carbocycles. The Balaban J connectivity index is 1.39. The lowest BCUT2D eigenvalue weighted by molar-refractivity contribution is -0.140. The number of aryl methyl sites for hydroxylation is 1. The summed E-state index contributed by atoms with van der Waals surface area (Å²) >= 11 is 0. The van der Waals surface area contributed by atoms with E-state index in [1.54, 1.807) is 6.20 Å². The van der Waals surface area contributed by atoms with Crippen molar-refractivity contribution in [3.05, 3.63) is 30.1 Å². The maximum Gasteiger partial charge on any atom is 0.303 e. The Hall–Kier alpha value is -2.74. The predicted octanol–water partition coefficient (Wildman–Crippen LogP) is 2.42. The maximum absolute atomic E-state index is 12.6. The Morgan fingerprint density at radius 3 is 2.68 bits per heavy atom. The average Bonchev–Trinajstić information content (AvgIpc) is 3.33. The van der Waals surface area contributed by atoms with Crippen LogP contribution in [0.15, 0.2) is 24.4 Å². The Morgan fingerprint density at radius 2 is 1.94 bits per heavy atom. The van der Waals surface area contributed by atoms with E-state index in [1.807, 2.05) is 25.1 Å². The topological polar surface area (TPSA) is 116 Å². The molecule has 2 fully saturated rings. The molecule has 4 rings (SSSR count). The summed E-state index contributed by atoms with van der Waals surface area (Å²) in [5.41, 5.74) is 1.98. The second-order valence-electron chi connectivity index (χ2n) is 9.28. The van der Waals surface area contributed by atoms with Gasteiger partial charge in [0.25, 0.3) is 0 Å². The number of carboxylic acids is 1. The number of hydrogen-bond acceptors (Lipinski definition) is 6. The second-order valence-corrected chi connectivity index (χ2v) is 9.28. The van der Waals surface area contributed by atoms with Crippen LogP contribution in [0, 0.1) is 12.3 Å². The number of fused-ring (bicyclic) bond motifs is 1. The van der Waals surface area contributed by atoms with Gasteiger partial charge in [-0.1, -0.05) is 12.8 Å². The van der Waals surface area contributed by atoms with Crippen molar-refractivity contribution in [3.63, 3.8) is 0 Å². The molecule has 2 aromatic heterocycles. The normalized spacial score (nSPS) is 22.7. The van der Waals surface area contributed by atoms with Gasteiger partial charge in [-0.05, 0) is 49.8 Å². The second kappa shape index (κ2) is 8.42. The van der Waals surface area contributed by atoms with Gasteiger partial charge < -0.3 is 20.4 Å². The van der Waals surface area contributed by atoms with Crippen molar-refractivity contribution in [2.75, 3.05) is 24.5 Å². The minimum absolute atomic E-state index is 0.0278. The zero-order chi connectivity index (χ0) is 22.1. The van der Waals surface area contributed by atoms with Crippen LogP contribution in [0.5, 0.6) is 0 Å². The summed E-state index contributed by atoms with van der Waals surface area (Å²) in [7, 11) is 0. The van der Waals surface area contributed by atoms with Crippen LogP contribution < -0.4 is 10.2 Å². The van der Waals surface area contributed by atoms with Gasteiger partial charge >= 0.3 is 5.97 Å². The minimum Gasteiger partial charge on any atom is -0.481 e. The van der Waals surface area contributed by atoms with E-state index < -0.39 is 17.0 Å². The zero-order valence-electron chi connectivity index (χ0n) is 17.9. The van der Waals surface area contributed by atoms with Crippen molar-refractivity contribution >= 4 is 28.6 Å². The number of anilines is 1. The van der Waals surface area contributed by atoms with Crippen LogP contribution in [0.2, 0.25) is 0 Å². The number of amides is 1. The fourth-order valence-electron chi connectivity index (χ4n) is 5.10. The highest BCUT2D eigenvalue weighted by Crippen LogP contribution is 2.44. The van der Waals surface area contributed by atoms with E-state index in [9.17, 15) is 19.8 Å². The number of hydrogen-bond donors (Lipinski definition) is 3. The van der Waals surface area contributed by atoms with Crippen LogP contribution in [-0.4, -0.2) is 57.3 Å². The van der Waals surface area contributed by atoms with Crippen molar-refractivity contribution in [3.8, 4) is 0 Å². The van der Waals surface area contributed by atoms with E-state index in [4.69, 9.17) is 0 Å². The number of aromatic nitrogens is 2. The number of carboxylic acid groups (broad SMARTS) is 1. The largest absolute Gasteiger partial charge is 0.481 e. The first kappa shape index (κ1) is 21.5. The third-order valence-electron chi connectivity index (χ3n) is 6.72. The fraction of sp³-hybridized carbons (Fsp3) is 0.565. The molecule has 1 aliphatic carbocycles. The van der Waals surface area contributed by atoms with Gasteiger partial charge in [-0.3, -0.25) is 14.6 Å². The zero-order valence-corrected chi connectivity index (χ0v) is 17.9. The molecule has 1 saturated heterocycles. The number of pyridine rings is 2. The number of β-amino-alcohol motifs (C(OH)–C–C–N with tert-alkyl or cyclic N) is 1.